The molecule has 0 radical (unpaired) electrons. The first-order chi connectivity index (χ1) is 6.76. The van der Waals surface area contributed by atoms with Crippen LogP contribution in [0, 0.1) is 0 Å². The van der Waals surface area contributed by atoms with Gasteiger partial charge in [-0.1, -0.05) is 12.8 Å². The molecule has 0 amide bonds. The SMILES string of the molecule is COCc1ccoc1C1(N)CCCC1. The van der Waals surface area contributed by atoms with Crippen LogP contribution in [0.4, 0.5) is 0 Å². The molecule has 78 valence electrons. The van der Waals surface area contributed by atoms with Crippen LogP contribution in [0.3, 0.4) is 0 Å². The lowest BCUT2D eigenvalue weighted by Crippen LogP contribution is -2.33. The van der Waals surface area contributed by atoms with Crippen LogP contribution in [0.15, 0.2) is 16.7 Å². The van der Waals surface area contributed by atoms with Gasteiger partial charge in [0.05, 0.1) is 18.4 Å². The summed E-state index contributed by atoms with van der Waals surface area (Å²) in [4.78, 5) is 0. The van der Waals surface area contributed by atoms with Crippen molar-refractivity contribution in [2.45, 2.75) is 37.8 Å². The van der Waals surface area contributed by atoms with Crippen LogP contribution in [0.25, 0.3) is 0 Å². The summed E-state index contributed by atoms with van der Waals surface area (Å²) in [6.07, 6.45) is 6.15. The Labute approximate surface area is 84.2 Å². The van der Waals surface area contributed by atoms with Gasteiger partial charge in [-0.25, -0.2) is 0 Å². The van der Waals surface area contributed by atoms with Crippen LogP contribution in [0.1, 0.15) is 37.0 Å². The van der Waals surface area contributed by atoms with Gasteiger partial charge in [0.1, 0.15) is 5.76 Å². The van der Waals surface area contributed by atoms with E-state index in [9.17, 15) is 0 Å². The first-order valence-electron chi connectivity index (χ1n) is 5.11. The molecule has 1 aromatic heterocycles. The predicted molar refractivity (Wildman–Crippen MR) is 53.8 cm³/mol. The lowest BCUT2D eigenvalue weighted by Gasteiger charge is -2.22. The Bertz CT molecular complexity index is 300. The zero-order chi connectivity index (χ0) is 10.0. The summed E-state index contributed by atoms with van der Waals surface area (Å²) in [5.41, 5.74) is 7.16. The molecular weight excluding hydrogens is 178 g/mol. The van der Waals surface area contributed by atoms with E-state index in [1.807, 2.05) is 6.07 Å². The van der Waals surface area contributed by atoms with Crippen molar-refractivity contribution in [1.82, 2.24) is 0 Å². The monoisotopic (exact) mass is 195 g/mol. The predicted octanol–water partition coefficient (Wildman–Crippen LogP) is 2.15. The molecule has 0 aliphatic heterocycles. The second-order valence-corrected chi connectivity index (χ2v) is 4.07. The molecule has 3 heteroatoms. The molecule has 2 rings (SSSR count). The maximum Gasteiger partial charge on any atom is 0.129 e. The van der Waals surface area contributed by atoms with E-state index in [0.29, 0.717) is 6.61 Å². The van der Waals surface area contributed by atoms with Gasteiger partial charge < -0.3 is 14.9 Å². The first kappa shape index (κ1) is 9.74. The maximum atomic E-state index is 6.31. The largest absolute Gasteiger partial charge is 0.467 e. The molecule has 1 saturated carbocycles. The second kappa shape index (κ2) is 3.75. The first-order valence-corrected chi connectivity index (χ1v) is 5.11. The van der Waals surface area contributed by atoms with Gasteiger partial charge in [-0.05, 0) is 18.9 Å². The van der Waals surface area contributed by atoms with Crippen LogP contribution < -0.4 is 5.73 Å². The molecule has 0 atom stereocenters. The number of furan rings is 1. The van der Waals surface area contributed by atoms with Crippen molar-refractivity contribution in [3.63, 3.8) is 0 Å². The third-order valence-corrected chi connectivity index (χ3v) is 2.99. The molecule has 1 aliphatic rings. The fourth-order valence-electron chi connectivity index (χ4n) is 2.27. The molecule has 0 aromatic carbocycles. The Hall–Kier alpha value is -0.800. The lowest BCUT2D eigenvalue weighted by atomic mass is 9.93. The fraction of sp³-hybridized carbons (Fsp3) is 0.636. The molecule has 0 spiro atoms. The lowest BCUT2D eigenvalue weighted by molar-refractivity contribution is 0.180. The van der Waals surface area contributed by atoms with E-state index in [4.69, 9.17) is 14.9 Å². The standard InChI is InChI=1S/C11H17NO2/c1-13-8-9-4-7-14-10(9)11(12)5-2-3-6-11/h4,7H,2-3,5-6,8,12H2,1H3. The third kappa shape index (κ3) is 1.57. The fourth-order valence-corrected chi connectivity index (χ4v) is 2.27. The number of hydrogen-bond donors (Lipinski definition) is 1. The van der Waals surface area contributed by atoms with Crippen molar-refractivity contribution in [2.75, 3.05) is 7.11 Å². The van der Waals surface area contributed by atoms with E-state index in [1.54, 1.807) is 13.4 Å². The van der Waals surface area contributed by atoms with E-state index in [0.717, 1.165) is 24.2 Å². The quantitative estimate of drug-likeness (QED) is 0.804. The van der Waals surface area contributed by atoms with E-state index in [1.165, 1.54) is 12.8 Å². The third-order valence-electron chi connectivity index (χ3n) is 2.99. The molecule has 1 aliphatic carbocycles. The van der Waals surface area contributed by atoms with Crippen LogP contribution in [0.2, 0.25) is 0 Å². The van der Waals surface area contributed by atoms with Gasteiger partial charge in [-0.15, -0.1) is 0 Å². The summed E-state index contributed by atoms with van der Waals surface area (Å²) in [6.45, 7) is 0.588. The number of methoxy groups -OCH3 is 1. The Balaban J connectivity index is 2.25. The van der Waals surface area contributed by atoms with Gasteiger partial charge in [0, 0.05) is 12.7 Å². The molecule has 1 fully saturated rings. The minimum Gasteiger partial charge on any atom is -0.467 e. The van der Waals surface area contributed by atoms with Crippen molar-refractivity contribution in [3.05, 3.63) is 23.7 Å². The highest BCUT2D eigenvalue weighted by atomic mass is 16.5. The van der Waals surface area contributed by atoms with Gasteiger partial charge in [0.2, 0.25) is 0 Å². The molecule has 2 N–H and O–H groups in total. The van der Waals surface area contributed by atoms with Crippen molar-refractivity contribution < 1.29 is 9.15 Å². The molecular formula is C11H17NO2. The van der Waals surface area contributed by atoms with E-state index in [2.05, 4.69) is 0 Å². The van der Waals surface area contributed by atoms with E-state index in [-0.39, 0.29) is 5.54 Å². The van der Waals surface area contributed by atoms with Crippen LogP contribution in [0.5, 0.6) is 0 Å². The van der Waals surface area contributed by atoms with Crippen LogP contribution in [-0.2, 0) is 16.9 Å². The topological polar surface area (TPSA) is 48.4 Å². The number of hydrogen-bond acceptors (Lipinski definition) is 3. The van der Waals surface area contributed by atoms with Gasteiger partial charge >= 0.3 is 0 Å². The number of ether oxygens (including phenoxy) is 1. The normalized spacial score (nSPS) is 20.1. The van der Waals surface area contributed by atoms with E-state index >= 15 is 0 Å². The zero-order valence-electron chi connectivity index (χ0n) is 8.58. The van der Waals surface area contributed by atoms with Gasteiger partial charge in [0.15, 0.2) is 0 Å². The smallest absolute Gasteiger partial charge is 0.129 e. The van der Waals surface area contributed by atoms with Crippen molar-refractivity contribution in [1.29, 1.82) is 0 Å². The summed E-state index contributed by atoms with van der Waals surface area (Å²) >= 11 is 0. The second-order valence-electron chi connectivity index (χ2n) is 4.07. The molecule has 0 saturated heterocycles. The highest BCUT2D eigenvalue weighted by Gasteiger charge is 2.35. The number of rotatable bonds is 3. The molecule has 14 heavy (non-hydrogen) atoms. The van der Waals surface area contributed by atoms with Crippen molar-refractivity contribution in [3.8, 4) is 0 Å². The van der Waals surface area contributed by atoms with Gasteiger partial charge in [-0.2, -0.15) is 0 Å². The Morgan fingerprint density at radius 1 is 1.50 bits per heavy atom. The highest BCUT2D eigenvalue weighted by molar-refractivity contribution is 5.24. The summed E-state index contributed by atoms with van der Waals surface area (Å²) in [6, 6.07) is 1.95. The van der Waals surface area contributed by atoms with Gasteiger partial charge in [-0.3, -0.25) is 0 Å². The number of nitrogens with two attached hydrogens (primary N) is 1. The minimum atomic E-state index is -0.239. The van der Waals surface area contributed by atoms with Crippen LogP contribution in [-0.4, -0.2) is 7.11 Å². The summed E-state index contributed by atoms with van der Waals surface area (Å²) in [7, 11) is 1.69. The van der Waals surface area contributed by atoms with Gasteiger partial charge in [0.25, 0.3) is 0 Å². The zero-order valence-corrected chi connectivity index (χ0v) is 8.58. The maximum absolute atomic E-state index is 6.31. The Morgan fingerprint density at radius 2 is 2.21 bits per heavy atom. The highest BCUT2D eigenvalue weighted by Crippen LogP contribution is 2.38. The average molecular weight is 195 g/mol. The van der Waals surface area contributed by atoms with Crippen molar-refractivity contribution in [2.24, 2.45) is 5.73 Å². The Kier molecular flexibility index (Phi) is 2.61. The Morgan fingerprint density at radius 3 is 2.86 bits per heavy atom. The summed E-state index contributed by atoms with van der Waals surface area (Å²) in [5.74, 6) is 0.928. The summed E-state index contributed by atoms with van der Waals surface area (Å²) in [5, 5.41) is 0. The molecule has 1 aromatic rings. The average Bonchev–Trinajstić information content (AvgIpc) is 2.75. The van der Waals surface area contributed by atoms with Crippen LogP contribution >= 0.6 is 0 Å². The molecule has 3 nitrogen and oxygen atoms in total. The molecule has 0 unspecified atom stereocenters. The minimum absolute atomic E-state index is 0.239. The summed E-state index contributed by atoms with van der Waals surface area (Å²) < 4.78 is 10.6. The van der Waals surface area contributed by atoms with E-state index < -0.39 is 0 Å². The van der Waals surface area contributed by atoms with Crippen molar-refractivity contribution >= 4 is 0 Å². The molecule has 0 bridgehead atoms. The molecule has 1 heterocycles.